The molecule has 0 aromatic heterocycles. The smallest absolute Gasteiger partial charge is 0.265 e. The van der Waals surface area contributed by atoms with Gasteiger partial charge in [-0.1, -0.05) is 53.0 Å². The van der Waals surface area contributed by atoms with Crippen LogP contribution in [0, 0.1) is 0 Å². The van der Waals surface area contributed by atoms with Gasteiger partial charge in [0.25, 0.3) is 5.91 Å². The molecule has 21 heavy (non-hydrogen) atoms. The maximum atomic E-state index is 12.1. The summed E-state index contributed by atoms with van der Waals surface area (Å²) in [4.78, 5) is 12.1. The molecular weight excluding hydrogens is 333 g/mol. The highest BCUT2D eigenvalue weighted by Gasteiger charge is 2.17. The van der Waals surface area contributed by atoms with Crippen LogP contribution >= 0.6 is 34.8 Å². The third kappa shape index (κ3) is 4.27. The fourth-order valence-electron chi connectivity index (χ4n) is 1.61. The van der Waals surface area contributed by atoms with Crippen molar-refractivity contribution in [1.29, 1.82) is 0 Å². The highest BCUT2D eigenvalue weighted by Crippen LogP contribution is 2.32. The van der Waals surface area contributed by atoms with E-state index in [1.54, 1.807) is 19.1 Å². The van der Waals surface area contributed by atoms with Crippen molar-refractivity contribution in [1.82, 2.24) is 0 Å². The summed E-state index contributed by atoms with van der Waals surface area (Å²) >= 11 is 17.8. The van der Waals surface area contributed by atoms with Crippen molar-refractivity contribution in [2.45, 2.75) is 13.0 Å². The number of halogens is 3. The van der Waals surface area contributed by atoms with Gasteiger partial charge in [-0.3, -0.25) is 4.79 Å². The zero-order valence-corrected chi connectivity index (χ0v) is 13.3. The topological polar surface area (TPSA) is 38.3 Å². The maximum absolute atomic E-state index is 12.1. The second-order valence-electron chi connectivity index (χ2n) is 4.31. The molecule has 6 heteroatoms. The number of nitrogens with one attached hydrogen (secondary N) is 1. The number of para-hydroxylation sites is 1. The number of hydrogen-bond acceptors (Lipinski definition) is 2. The van der Waals surface area contributed by atoms with Gasteiger partial charge in [-0.2, -0.15) is 0 Å². The zero-order chi connectivity index (χ0) is 15.4. The number of ether oxygens (including phenoxy) is 1. The zero-order valence-electron chi connectivity index (χ0n) is 11.1. The predicted molar refractivity (Wildman–Crippen MR) is 86.6 cm³/mol. The molecule has 0 aliphatic carbocycles. The molecule has 1 atom stereocenters. The normalized spacial score (nSPS) is 11.8. The van der Waals surface area contributed by atoms with Gasteiger partial charge in [0.15, 0.2) is 6.10 Å². The number of carbonyl (C=O) groups excluding carboxylic acids is 1. The van der Waals surface area contributed by atoms with Crippen LogP contribution in [0.5, 0.6) is 5.75 Å². The molecular formula is C15H12Cl3NO2. The number of carbonyl (C=O) groups is 1. The summed E-state index contributed by atoms with van der Waals surface area (Å²) in [6.07, 6.45) is -0.682. The molecule has 0 aliphatic rings. The van der Waals surface area contributed by atoms with Gasteiger partial charge in [0, 0.05) is 0 Å². The first kappa shape index (κ1) is 16.0. The molecule has 110 valence electrons. The molecule has 0 unspecified atom stereocenters. The van der Waals surface area contributed by atoms with Crippen molar-refractivity contribution < 1.29 is 9.53 Å². The van der Waals surface area contributed by atoms with Gasteiger partial charge in [0.1, 0.15) is 5.75 Å². The van der Waals surface area contributed by atoms with E-state index < -0.39 is 6.10 Å². The predicted octanol–water partition coefficient (Wildman–Crippen LogP) is 5.05. The average Bonchev–Trinajstić information content (AvgIpc) is 2.45. The molecule has 0 heterocycles. The Morgan fingerprint density at radius 1 is 1.05 bits per heavy atom. The first-order valence-electron chi connectivity index (χ1n) is 6.14. The van der Waals surface area contributed by atoms with Gasteiger partial charge in [0.05, 0.1) is 20.8 Å². The van der Waals surface area contributed by atoms with E-state index >= 15 is 0 Å². The number of anilines is 1. The van der Waals surface area contributed by atoms with Crippen molar-refractivity contribution >= 4 is 46.4 Å². The highest BCUT2D eigenvalue weighted by atomic mass is 35.5. The monoisotopic (exact) mass is 343 g/mol. The molecule has 2 aromatic rings. The standard InChI is InChI=1S/C15H12Cl3NO2/c1-9(21-10-5-3-2-4-6-10)15(20)19-14-8-12(17)11(16)7-13(14)18/h2-9H,1H3,(H,19,20)/t9-/m1/s1. The van der Waals surface area contributed by atoms with Crippen molar-refractivity contribution in [2.24, 2.45) is 0 Å². The van der Waals surface area contributed by atoms with Gasteiger partial charge >= 0.3 is 0 Å². The first-order valence-corrected chi connectivity index (χ1v) is 7.28. The summed E-state index contributed by atoms with van der Waals surface area (Å²) < 4.78 is 5.53. The Balaban J connectivity index is 2.06. The minimum Gasteiger partial charge on any atom is -0.481 e. The SMILES string of the molecule is C[C@@H](Oc1ccccc1)C(=O)Nc1cc(Cl)c(Cl)cc1Cl. The number of amides is 1. The third-order valence-electron chi connectivity index (χ3n) is 2.69. The number of benzene rings is 2. The van der Waals surface area contributed by atoms with Gasteiger partial charge in [-0.25, -0.2) is 0 Å². The summed E-state index contributed by atoms with van der Waals surface area (Å²) in [5.74, 6) is 0.277. The lowest BCUT2D eigenvalue weighted by molar-refractivity contribution is -0.122. The van der Waals surface area contributed by atoms with Crippen LogP contribution < -0.4 is 10.1 Å². The van der Waals surface area contributed by atoms with E-state index in [0.717, 1.165) is 0 Å². The van der Waals surface area contributed by atoms with Crippen LogP contribution in [-0.4, -0.2) is 12.0 Å². The van der Waals surface area contributed by atoms with E-state index in [9.17, 15) is 4.79 Å². The van der Waals surface area contributed by atoms with E-state index in [2.05, 4.69) is 5.32 Å². The Bertz CT molecular complexity index is 647. The largest absolute Gasteiger partial charge is 0.481 e. The van der Waals surface area contributed by atoms with E-state index in [1.807, 2.05) is 18.2 Å². The van der Waals surface area contributed by atoms with Crippen molar-refractivity contribution in [3.8, 4) is 5.75 Å². The molecule has 0 spiro atoms. The molecule has 1 N–H and O–H groups in total. The summed E-state index contributed by atoms with van der Waals surface area (Å²) in [5.41, 5.74) is 0.388. The molecule has 1 amide bonds. The summed E-state index contributed by atoms with van der Waals surface area (Å²) in [5, 5.41) is 3.61. The third-order valence-corrected chi connectivity index (χ3v) is 3.73. The second kappa shape index (κ2) is 7.03. The Labute approximate surface area is 137 Å². The fourth-order valence-corrected chi connectivity index (χ4v) is 2.20. The molecule has 3 nitrogen and oxygen atoms in total. The van der Waals surface area contributed by atoms with E-state index in [4.69, 9.17) is 39.5 Å². The van der Waals surface area contributed by atoms with Crippen molar-refractivity contribution in [2.75, 3.05) is 5.32 Å². The average molecular weight is 345 g/mol. The Morgan fingerprint density at radius 2 is 1.67 bits per heavy atom. The molecule has 0 radical (unpaired) electrons. The molecule has 2 aromatic carbocycles. The van der Waals surface area contributed by atoms with Crippen LogP contribution in [0.3, 0.4) is 0 Å². The van der Waals surface area contributed by atoms with Crippen LogP contribution in [0.15, 0.2) is 42.5 Å². The number of hydrogen-bond donors (Lipinski definition) is 1. The first-order chi connectivity index (χ1) is 9.97. The highest BCUT2D eigenvalue weighted by molar-refractivity contribution is 6.44. The van der Waals surface area contributed by atoms with Crippen LogP contribution in [0.2, 0.25) is 15.1 Å². The second-order valence-corrected chi connectivity index (χ2v) is 5.53. The number of rotatable bonds is 4. The molecule has 0 saturated carbocycles. The molecule has 2 rings (SSSR count). The molecule has 0 aliphatic heterocycles. The molecule has 0 fully saturated rings. The van der Waals surface area contributed by atoms with E-state index in [0.29, 0.717) is 26.5 Å². The van der Waals surface area contributed by atoms with Crippen LogP contribution in [-0.2, 0) is 4.79 Å². The lowest BCUT2D eigenvalue weighted by Crippen LogP contribution is -2.30. The lowest BCUT2D eigenvalue weighted by Gasteiger charge is -2.15. The van der Waals surface area contributed by atoms with Gasteiger partial charge < -0.3 is 10.1 Å². The van der Waals surface area contributed by atoms with E-state index in [1.165, 1.54) is 12.1 Å². The molecule has 0 bridgehead atoms. The maximum Gasteiger partial charge on any atom is 0.265 e. The van der Waals surface area contributed by atoms with Crippen molar-refractivity contribution in [3.05, 3.63) is 57.5 Å². The fraction of sp³-hybridized carbons (Fsp3) is 0.133. The van der Waals surface area contributed by atoms with Crippen LogP contribution in [0.1, 0.15) is 6.92 Å². The Kier molecular flexibility index (Phi) is 5.34. The lowest BCUT2D eigenvalue weighted by atomic mass is 10.3. The Morgan fingerprint density at radius 3 is 2.33 bits per heavy atom. The Hall–Kier alpha value is -1.42. The quantitative estimate of drug-likeness (QED) is 0.788. The van der Waals surface area contributed by atoms with Gasteiger partial charge in [0.2, 0.25) is 0 Å². The van der Waals surface area contributed by atoms with Gasteiger partial charge in [-0.05, 0) is 31.2 Å². The summed E-state index contributed by atoms with van der Waals surface area (Å²) in [7, 11) is 0. The van der Waals surface area contributed by atoms with E-state index in [-0.39, 0.29) is 5.91 Å². The molecule has 0 saturated heterocycles. The van der Waals surface area contributed by atoms with Crippen molar-refractivity contribution in [3.63, 3.8) is 0 Å². The summed E-state index contributed by atoms with van der Waals surface area (Å²) in [6, 6.07) is 12.0. The minimum atomic E-state index is -0.682. The minimum absolute atomic E-state index is 0.310. The van der Waals surface area contributed by atoms with Crippen LogP contribution in [0.4, 0.5) is 5.69 Å². The van der Waals surface area contributed by atoms with Gasteiger partial charge in [-0.15, -0.1) is 0 Å². The van der Waals surface area contributed by atoms with Crippen LogP contribution in [0.25, 0.3) is 0 Å². The summed E-state index contributed by atoms with van der Waals surface area (Å²) in [6.45, 7) is 1.65.